The van der Waals surface area contributed by atoms with Gasteiger partial charge < -0.3 is 10.5 Å². The third-order valence-electron chi connectivity index (χ3n) is 2.89. The fourth-order valence-corrected chi connectivity index (χ4v) is 1.71. The lowest BCUT2D eigenvalue weighted by molar-refractivity contribution is -0.145. The van der Waals surface area contributed by atoms with Gasteiger partial charge in [-0.3, -0.25) is 9.59 Å². The summed E-state index contributed by atoms with van der Waals surface area (Å²) in [6.45, 7) is 3.57. The Hall–Kier alpha value is -1.57. The number of nitrogens with two attached hydrogens (primary N) is 1. The van der Waals surface area contributed by atoms with Crippen LogP contribution in [0.15, 0.2) is 0 Å². The van der Waals surface area contributed by atoms with Crippen LogP contribution >= 0.6 is 0 Å². The fourth-order valence-electron chi connectivity index (χ4n) is 1.71. The van der Waals surface area contributed by atoms with Crippen molar-refractivity contribution in [2.45, 2.75) is 33.1 Å². The van der Waals surface area contributed by atoms with Crippen molar-refractivity contribution in [3.05, 3.63) is 0 Å². The predicted octanol–water partition coefficient (Wildman–Crippen LogP) is 1.23. The van der Waals surface area contributed by atoms with Gasteiger partial charge >= 0.3 is 5.97 Å². The highest BCUT2D eigenvalue weighted by molar-refractivity contribution is 5.78. The SMILES string of the molecule is CCC(C#N)CC(CC(C)C(=O)OC)C(N)=O. The number of nitrogens with zero attached hydrogens (tertiary/aromatic N) is 1. The van der Waals surface area contributed by atoms with E-state index < -0.39 is 11.8 Å². The lowest BCUT2D eigenvalue weighted by Gasteiger charge is -2.18. The summed E-state index contributed by atoms with van der Waals surface area (Å²) in [6.07, 6.45) is 1.41. The molecule has 0 saturated heterocycles. The molecule has 0 aromatic heterocycles. The number of carbonyl (C=O) groups excluding carboxylic acids is 2. The van der Waals surface area contributed by atoms with Crippen LogP contribution in [0.5, 0.6) is 0 Å². The van der Waals surface area contributed by atoms with Crippen molar-refractivity contribution in [3.63, 3.8) is 0 Å². The average molecular weight is 240 g/mol. The van der Waals surface area contributed by atoms with E-state index in [0.717, 1.165) is 0 Å². The maximum absolute atomic E-state index is 11.3. The standard InChI is InChI=1S/C12H20N2O3/c1-4-9(7-13)6-10(11(14)15)5-8(2)12(16)17-3/h8-10H,4-6H2,1-3H3,(H2,14,15). The molecule has 0 heterocycles. The van der Waals surface area contributed by atoms with Crippen LogP contribution in [0.2, 0.25) is 0 Å². The molecule has 0 aromatic rings. The first-order valence-corrected chi connectivity index (χ1v) is 5.72. The monoisotopic (exact) mass is 240 g/mol. The average Bonchev–Trinajstić information content (AvgIpc) is 2.32. The van der Waals surface area contributed by atoms with Crippen LogP contribution in [0.3, 0.4) is 0 Å². The number of hydrogen-bond acceptors (Lipinski definition) is 4. The third-order valence-corrected chi connectivity index (χ3v) is 2.89. The van der Waals surface area contributed by atoms with E-state index in [0.29, 0.717) is 19.3 Å². The van der Waals surface area contributed by atoms with Crippen molar-refractivity contribution < 1.29 is 14.3 Å². The summed E-state index contributed by atoms with van der Waals surface area (Å²) in [7, 11) is 1.31. The van der Waals surface area contributed by atoms with E-state index in [2.05, 4.69) is 10.8 Å². The highest BCUT2D eigenvalue weighted by Crippen LogP contribution is 2.22. The molecule has 0 bridgehead atoms. The maximum atomic E-state index is 11.3. The number of methoxy groups -OCH3 is 1. The Morgan fingerprint density at radius 2 is 2.00 bits per heavy atom. The van der Waals surface area contributed by atoms with Gasteiger partial charge in [0.2, 0.25) is 5.91 Å². The minimum atomic E-state index is -0.463. The van der Waals surface area contributed by atoms with Crippen molar-refractivity contribution in [1.29, 1.82) is 5.26 Å². The second-order valence-electron chi connectivity index (χ2n) is 4.23. The molecule has 0 aromatic carbocycles. The number of nitriles is 1. The van der Waals surface area contributed by atoms with Crippen LogP contribution in [0.25, 0.3) is 0 Å². The Morgan fingerprint density at radius 3 is 2.35 bits per heavy atom. The lowest BCUT2D eigenvalue weighted by atomic mass is 9.86. The number of carbonyl (C=O) groups is 2. The van der Waals surface area contributed by atoms with E-state index in [9.17, 15) is 9.59 Å². The number of ether oxygens (including phenoxy) is 1. The number of amides is 1. The molecular weight excluding hydrogens is 220 g/mol. The minimum Gasteiger partial charge on any atom is -0.469 e. The van der Waals surface area contributed by atoms with E-state index in [1.54, 1.807) is 6.92 Å². The second kappa shape index (κ2) is 7.66. The molecule has 17 heavy (non-hydrogen) atoms. The molecule has 0 fully saturated rings. The molecular formula is C12H20N2O3. The smallest absolute Gasteiger partial charge is 0.308 e. The normalized spacial score (nSPS) is 15.4. The predicted molar refractivity (Wildman–Crippen MR) is 62.5 cm³/mol. The Balaban J connectivity index is 4.50. The van der Waals surface area contributed by atoms with Gasteiger partial charge in [-0.25, -0.2) is 0 Å². The topological polar surface area (TPSA) is 93.2 Å². The molecule has 0 rings (SSSR count). The molecule has 0 radical (unpaired) electrons. The van der Waals surface area contributed by atoms with Crippen LogP contribution < -0.4 is 5.73 Å². The summed E-state index contributed by atoms with van der Waals surface area (Å²) in [5.41, 5.74) is 5.28. The second-order valence-corrected chi connectivity index (χ2v) is 4.23. The van der Waals surface area contributed by atoms with Gasteiger partial charge in [0.05, 0.1) is 19.1 Å². The number of rotatable bonds is 7. The van der Waals surface area contributed by atoms with Crippen molar-refractivity contribution in [2.24, 2.45) is 23.5 Å². The molecule has 0 aliphatic rings. The van der Waals surface area contributed by atoms with Gasteiger partial charge in [0, 0.05) is 11.8 Å². The van der Waals surface area contributed by atoms with E-state index >= 15 is 0 Å². The first-order chi connectivity index (χ1) is 7.96. The molecule has 5 nitrogen and oxygen atoms in total. The summed E-state index contributed by atoms with van der Waals surface area (Å²) in [5.74, 6) is -1.85. The zero-order valence-corrected chi connectivity index (χ0v) is 10.6. The van der Waals surface area contributed by atoms with Gasteiger partial charge in [0.1, 0.15) is 0 Å². The van der Waals surface area contributed by atoms with Crippen LogP contribution in [0, 0.1) is 29.1 Å². The highest BCUT2D eigenvalue weighted by atomic mass is 16.5. The molecule has 0 aliphatic heterocycles. The first kappa shape index (κ1) is 15.4. The Bertz CT molecular complexity index is 309. The minimum absolute atomic E-state index is 0.197. The van der Waals surface area contributed by atoms with E-state index in [-0.39, 0.29) is 17.8 Å². The summed E-state index contributed by atoms with van der Waals surface area (Å²) < 4.78 is 4.59. The van der Waals surface area contributed by atoms with E-state index in [1.807, 2.05) is 6.92 Å². The quantitative estimate of drug-likeness (QED) is 0.677. The number of primary amides is 1. The van der Waals surface area contributed by atoms with Gasteiger partial charge in [-0.05, 0) is 19.3 Å². The molecule has 96 valence electrons. The van der Waals surface area contributed by atoms with Gasteiger partial charge in [-0.1, -0.05) is 13.8 Å². The van der Waals surface area contributed by atoms with E-state index in [4.69, 9.17) is 11.0 Å². The molecule has 5 heteroatoms. The lowest BCUT2D eigenvalue weighted by Crippen LogP contribution is -2.29. The summed E-state index contributed by atoms with van der Waals surface area (Å²) in [5, 5.41) is 8.85. The summed E-state index contributed by atoms with van der Waals surface area (Å²) in [4.78, 5) is 22.5. The van der Waals surface area contributed by atoms with Crippen LogP contribution in [0.1, 0.15) is 33.1 Å². The van der Waals surface area contributed by atoms with Gasteiger partial charge in [0.15, 0.2) is 0 Å². The number of esters is 1. The number of hydrogen-bond donors (Lipinski definition) is 1. The van der Waals surface area contributed by atoms with Crippen molar-refractivity contribution in [3.8, 4) is 6.07 Å². The van der Waals surface area contributed by atoms with Gasteiger partial charge in [-0.2, -0.15) is 5.26 Å². The largest absolute Gasteiger partial charge is 0.469 e. The van der Waals surface area contributed by atoms with Gasteiger partial charge in [-0.15, -0.1) is 0 Å². The third kappa shape index (κ3) is 5.34. The van der Waals surface area contributed by atoms with Crippen molar-refractivity contribution in [2.75, 3.05) is 7.11 Å². The Kier molecular flexibility index (Phi) is 6.95. The fraction of sp³-hybridized carbons (Fsp3) is 0.750. The summed E-state index contributed by atoms with van der Waals surface area (Å²) >= 11 is 0. The molecule has 0 saturated carbocycles. The van der Waals surface area contributed by atoms with Crippen LogP contribution in [-0.4, -0.2) is 19.0 Å². The Morgan fingerprint density at radius 1 is 1.41 bits per heavy atom. The van der Waals surface area contributed by atoms with Crippen molar-refractivity contribution in [1.82, 2.24) is 0 Å². The molecule has 3 atom stereocenters. The maximum Gasteiger partial charge on any atom is 0.308 e. The molecule has 2 N–H and O–H groups in total. The molecule has 1 amide bonds. The van der Waals surface area contributed by atoms with Crippen LogP contribution in [-0.2, 0) is 14.3 Å². The zero-order chi connectivity index (χ0) is 13.4. The summed E-state index contributed by atoms with van der Waals surface area (Å²) in [6, 6.07) is 2.13. The molecule has 0 spiro atoms. The zero-order valence-electron chi connectivity index (χ0n) is 10.6. The van der Waals surface area contributed by atoms with E-state index in [1.165, 1.54) is 7.11 Å². The van der Waals surface area contributed by atoms with Crippen molar-refractivity contribution >= 4 is 11.9 Å². The molecule has 0 aliphatic carbocycles. The molecule has 3 unspecified atom stereocenters. The van der Waals surface area contributed by atoms with Gasteiger partial charge in [0.25, 0.3) is 0 Å². The highest BCUT2D eigenvalue weighted by Gasteiger charge is 2.25. The van der Waals surface area contributed by atoms with Crippen LogP contribution in [0.4, 0.5) is 0 Å². The first-order valence-electron chi connectivity index (χ1n) is 5.72. The Labute approximate surface area is 102 Å².